The molecule has 0 fully saturated rings. The molecule has 0 radical (unpaired) electrons. The second-order valence-electron chi connectivity index (χ2n) is 2.38. The SMILES string of the molecule is CC=S(C)(=O)NC(=O)OCCC. The molecule has 1 N–H and O–H groups in total. The van der Waals surface area contributed by atoms with Gasteiger partial charge in [0.2, 0.25) is 0 Å². The van der Waals surface area contributed by atoms with Crippen LogP contribution in [0, 0.1) is 0 Å². The van der Waals surface area contributed by atoms with E-state index in [1.165, 1.54) is 11.6 Å². The number of amides is 1. The van der Waals surface area contributed by atoms with E-state index in [2.05, 4.69) is 9.46 Å². The van der Waals surface area contributed by atoms with E-state index in [1.54, 1.807) is 6.92 Å². The molecule has 1 atom stereocenters. The normalized spacial score (nSPS) is 14.6. The molecule has 0 bridgehead atoms. The van der Waals surface area contributed by atoms with Crippen LogP contribution in [0.4, 0.5) is 4.79 Å². The van der Waals surface area contributed by atoms with Crippen LogP contribution >= 0.6 is 0 Å². The van der Waals surface area contributed by atoms with E-state index in [1.807, 2.05) is 6.92 Å². The average Bonchev–Trinajstić information content (AvgIpc) is 2.00. The molecule has 0 heterocycles. The standard InChI is InChI=1S/C7H15NO3S/c1-4-6-11-7(9)8-12(3,10)5-2/h5H,4,6H2,1-3H3,(H,8,9,10). The minimum atomic E-state index is -2.35. The lowest BCUT2D eigenvalue weighted by Crippen LogP contribution is -2.31. The summed E-state index contributed by atoms with van der Waals surface area (Å²) in [6.07, 6.45) is 1.58. The Morgan fingerprint density at radius 1 is 1.67 bits per heavy atom. The van der Waals surface area contributed by atoms with Crippen molar-refractivity contribution in [2.24, 2.45) is 0 Å². The van der Waals surface area contributed by atoms with Crippen LogP contribution in [0.15, 0.2) is 0 Å². The number of nitrogens with one attached hydrogen (secondary N) is 1. The van der Waals surface area contributed by atoms with Gasteiger partial charge in [0.1, 0.15) is 0 Å². The number of carbonyl (C=O) groups excluding carboxylic acids is 1. The van der Waals surface area contributed by atoms with Gasteiger partial charge in [-0.1, -0.05) is 6.92 Å². The summed E-state index contributed by atoms with van der Waals surface area (Å²) in [6, 6.07) is 0. The van der Waals surface area contributed by atoms with E-state index < -0.39 is 15.8 Å². The Labute approximate surface area is 73.4 Å². The Hall–Kier alpha value is -0.710. The molecule has 0 aliphatic carbocycles. The van der Waals surface area contributed by atoms with Gasteiger partial charge in [-0.3, -0.25) is 0 Å². The van der Waals surface area contributed by atoms with Crippen LogP contribution in [0.25, 0.3) is 0 Å². The molecule has 1 unspecified atom stereocenters. The van der Waals surface area contributed by atoms with Crippen molar-refractivity contribution in [2.75, 3.05) is 12.9 Å². The first kappa shape index (κ1) is 11.3. The van der Waals surface area contributed by atoms with Crippen LogP contribution < -0.4 is 4.72 Å². The summed E-state index contributed by atoms with van der Waals surface area (Å²) in [5, 5.41) is 1.44. The summed E-state index contributed by atoms with van der Waals surface area (Å²) in [6.45, 7) is 3.87. The first-order valence-corrected chi connectivity index (χ1v) is 5.78. The Balaban J connectivity index is 3.94. The molecule has 0 spiro atoms. The molecule has 0 saturated carbocycles. The summed E-state index contributed by atoms with van der Waals surface area (Å²) in [5.74, 6) is 0. The van der Waals surface area contributed by atoms with Crippen LogP contribution in [0.2, 0.25) is 0 Å². The van der Waals surface area contributed by atoms with Crippen molar-refractivity contribution in [3.05, 3.63) is 0 Å². The summed E-state index contributed by atoms with van der Waals surface area (Å²) >= 11 is 0. The van der Waals surface area contributed by atoms with E-state index in [0.717, 1.165) is 6.42 Å². The predicted octanol–water partition coefficient (Wildman–Crippen LogP) is 0.774. The van der Waals surface area contributed by atoms with Crippen molar-refractivity contribution in [3.63, 3.8) is 0 Å². The lowest BCUT2D eigenvalue weighted by molar-refractivity contribution is 0.153. The smallest absolute Gasteiger partial charge is 0.418 e. The Bertz CT molecular complexity index is 253. The van der Waals surface area contributed by atoms with Gasteiger partial charge in [0.25, 0.3) is 0 Å². The molecule has 72 valence electrons. The van der Waals surface area contributed by atoms with Crippen LogP contribution in [-0.4, -0.2) is 28.5 Å². The Morgan fingerprint density at radius 3 is 2.67 bits per heavy atom. The topological polar surface area (TPSA) is 55.4 Å². The van der Waals surface area contributed by atoms with Crippen LogP contribution in [-0.2, 0) is 14.4 Å². The lowest BCUT2D eigenvalue weighted by Gasteiger charge is -2.06. The second kappa shape index (κ2) is 5.03. The number of ether oxygens (including phenoxy) is 1. The van der Waals surface area contributed by atoms with Crippen molar-refractivity contribution in [1.29, 1.82) is 0 Å². The van der Waals surface area contributed by atoms with Gasteiger partial charge in [0, 0.05) is 16.0 Å². The third-order valence-corrected chi connectivity index (χ3v) is 2.64. The Kier molecular flexibility index (Phi) is 4.73. The van der Waals surface area contributed by atoms with Crippen molar-refractivity contribution >= 4 is 21.2 Å². The van der Waals surface area contributed by atoms with Gasteiger partial charge in [-0.05, 0) is 18.7 Å². The van der Waals surface area contributed by atoms with Crippen molar-refractivity contribution in [2.45, 2.75) is 20.3 Å². The van der Waals surface area contributed by atoms with Crippen LogP contribution in [0.3, 0.4) is 0 Å². The maximum Gasteiger partial charge on any atom is 0.418 e. The highest BCUT2D eigenvalue weighted by atomic mass is 32.2. The van der Waals surface area contributed by atoms with Crippen molar-refractivity contribution in [3.8, 4) is 0 Å². The van der Waals surface area contributed by atoms with Gasteiger partial charge in [-0.2, -0.15) is 0 Å². The van der Waals surface area contributed by atoms with E-state index in [0.29, 0.717) is 6.61 Å². The quantitative estimate of drug-likeness (QED) is 0.674. The third kappa shape index (κ3) is 5.01. The highest BCUT2D eigenvalue weighted by molar-refractivity contribution is 7.99. The number of hydrogen-bond acceptors (Lipinski definition) is 3. The molecule has 0 aromatic rings. The zero-order valence-electron chi connectivity index (χ0n) is 7.62. The highest BCUT2D eigenvalue weighted by Crippen LogP contribution is 1.85. The molecule has 0 aromatic heterocycles. The molecule has 0 saturated heterocycles. The fourth-order valence-corrected chi connectivity index (χ4v) is 0.956. The first-order valence-electron chi connectivity index (χ1n) is 3.75. The van der Waals surface area contributed by atoms with E-state index in [4.69, 9.17) is 0 Å². The monoisotopic (exact) mass is 193 g/mol. The van der Waals surface area contributed by atoms with Gasteiger partial charge in [0.05, 0.1) is 6.61 Å². The van der Waals surface area contributed by atoms with Crippen molar-refractivity contribution in [1.82, 2.24) is 4.72 Å². The number of hydrogen-bond donors (Lipinski definition) is 1. The van der Waals surface area contributed by atoms with E-state index in [-0.39, 0.29) is 0 Å². The van der Waals surface area contributed by atoms with Gasteiger partial charge in [0.15, 0.2) is 0 Å². The first-order chi connectivity index (χ1) is 5.52. The fourth-order valence-electron chi connectivity index (χ4n) is 0.449. The maximum atomic E-state index is 11.3. The minimum absolute atomic E-state index is 0.352. The molecule has 1 amide bonds. The molecular weight excluding hydrogens is 178 g/mol. The Morgan fingerprint density at radius 2 is 2.25 bits per heavy atom. The molecule has 12 heavy (non-hydrogen) atoms. The minimum Gasteiger partial charge on any atom is -0.449 e. The largest absolute Gasteiger partial charge is 0.449 e. The maximum absolute atomic E-state index is 11.3. The zero-order valence-corrected chi connectivity index (χ0v) is 8.44. The third-order valence-electron chi connectivity index (χ3n) is 1.17. The molecule has 5 heteroatoms. The van der Waals surface area contributed by atoms with Gasteiger partial charge >= 0.3 is 6.09 Å². The average molecular weight is 193 g/mol. The predicted molar refractivity (Wildman–Crippen MR) is 50.6 cm³/mol. The molecule has 0 aliphatic heterocycles. The molecule has 0 aromatic carbocycles. The second-order valence-corrected chi connectivity index (χ2v) is 4.86. The fraction of sp³-hybridized carbons (Fsp3) is 0.714. The van der Waals surface area contributed by atoms with Crippen LogP contribution in [0.1, 0.15) is 20.3 Å². The highest BCUT2D eigenvalue weighted by Gasteiger charge is 2.04. The summed E-state index contributed by atoms with van der Waals surface area (Å²) in [5.41, 5.74) is 0. The van der Waals surface area contributed by atoms with E-state index in [9.17, 15) is 9.00 Å². The summed E-state index contributed by atoms with van der Waals surface area (Å²) < 4.78 is 18.2. The number of rotatable bonds is 3. The molecular formula is C7H15NO3S. The number of carbonyl (C=O) groups is 1. The van der Waals surface area contributed by atoms with Crippen LogP contribution in [0.5, 0.6) is 0 Å². The van der Waals surface area contributed by atoms with Gasteiger partial charge < -0.3 is 4.74 Å². The molecule has 0 aliphatic rings. The summed E-state index contributed by atoms with van der Waals surface area (Å²) in [4.78, 5) is 10.8. The van der Waals surface area contributed by atoms with E-state index >= 15 is 0 Å². The lowest BCUT2D eigenvalue weighted by atomic mass is 10.5. The summed E-state index contributed by atoms with van der Waals surface area (Å²) in [7, 11) is -2.35. The zero-order chi connectivity index (χ0) is 9.61. The van der Waals surface area contributed by atoms with Crippen molar-refractivity contribution < 1.29 is 13.7 Å². The molecule has 4 nitrogen and oxygen atoms in total. The molecule has 0 rings (SSSR count). The van der Waals surface area contributed by atoms with Gasteiger partial charge in [-0.25, -0.2) is 13.7 Å². The van der Waals surface area contributed by atoms with Gasteiger partial charge in [-0.15, -0.1) is 0 Å².